The normalized spacial score (nSPS) is 9.87. The van der Waals surface area contributed by atoms with Gasteiger partial charge in [-0.2, -0.15) is 5.26 Å². The number of anilines is 1. The number of nitriles is 1. The van der Waals surface area contributed by atoms with E-state index in [1.54, 1.807) is 12.3 Å². The lowest BCUT2D eigenvalue weighted by Gasteiger charge is -2.06. The Morgan fingerprint density at radius 3 is 3.07 bits per heavy atom. The molecule has 0 spiro atoms. The van der Waals surface area contributed by atoms with Crippen LogP contribution in [0.3, 0.4) is 0 Å². The Hall–Kier alpha value is -1.79. The summed E-state index contributed by atoms with van der Waals surface area (Å²) in [6.45, 7) is 0.257. The van der Waals surface area contributed by atoms with Crippen LogP contribution in [0, 0.1) is 11.3 Å². The molecule has 0 aliphatic carbocycles. The number of hydrogen-bond donors (Lipinski definition) is 1. The molecule has 2 rings (SSSR count). The van der Waals surface area contributed by atoms with Crippen molar-refractivity contribution in [2.45, 2.75) is 0 Å². The summed E-state index contributed by atoms with van der Waals surface area (Å²) in [5.41, 5.74) is 1.62. The van der Waals surface area contributed by atoms with Crippen LogP contribution in [0.4, 0.5) is 5.69 Å². The molecule has 3 nitrogen and oxygen atoms in total. The average molecular weight is 218 g/mol. The third-order valence-corrected chi connectivity index (χ3v) is 2.40. The average Bonchev–Trinajstić information content (AvgIpc) is 2.29. The summed E-state index contributed by atoms with van der Waals surface area (Å²) < 4.78 is 0. The van der Waals surface area contributed by atoms with E-state index >= 15 is 0 Å². The van der Waals surface area contributed by atoms with Crippen LogP contribution in [0.2, 0.25) is 5.02 Å². The van der Waals surface area contributed by atoms with Gasteiger partial charge in [0, 0.05) is 11.6 Å². The highest BCUT2D eigenvalue weighted by atomic mass is 35.5. The zero-order valence-corrected chi connectivity index (χ0v) is 8.62. The van der Waals surface area contributed by atoms with E-state index in [2.05, 4.69) is 10.3 Å². The van der Waals surface area contributed by atoms with Crippen LogP contribution < -0.4 is 5.32 Å². The molecule has 1 N–H and O–H groups in total. The first-order chi connectivity index (χ1) is 7.33. The van der Waals surface area contributed by atoms with E-state index in [4.69, 9.17) is 16.9 Å². The Balaban J connectivity index is 2.57. The SMILES string of the molecule is N#CCNc1ccc(Cl)c2cccnc12. The van der Waals surface area contributed by atoms with E-state index in [1.807, 2.05) is 24.3 Å². The molecule has 0 radical (unpaired) electrons. The number of benzene rings is 1. The van der Waals surface area contributed by atoms with Gasteiger partial charge in [0.25, 0.3) is 0 Å². The first kappa shape index (κ1) is 9.75. The van der Waals surface area contributed by atoms with Gasteiger partial charge in [-0.05, 0) is 24.3 Å². The Morgan fingerprint density at radius 2 is 2.27 bits per heavy atom. The van der Waals surface area contributed by atoms with Crippen molar-refractivity contribution >= 4 is 28.2 Å². The van der Waals surface area contributed by atoms with Crippen LogP contribution in [-0.4, -0.2) is 11.5 Å². The third-order valence-electron chi connectivity index (χ3n) is 2.07. The molecule has 0 atom stereocenters. The molecule has 0 saturated carbocycles. The van der Waals surface area contributed by atoms with Gasteiger partial charge in [-0.3, -0.25) is 4.98 Å². The quantitative estimate of drug-likeness (QED) is 0.787. The molecule has 0 unspecified atom stereocenters. The van der Waals surface area contributed by atoms with E-state index in [-0.39, 0.29) is 6.54 Å². The zero-order valence-electron chi connectivity index (χ0n) is 7.87. The number of rotatable bonds is 2. The number of nitrogens with one attached hydrogen (secondary N) is 1. The minimum Gasteiger partial charge on any atom is -0.371 e. The largest absolute Gasteiger partial charge is 0.371 e. The summed E-state index contributed by atoms with van der Waals surface area (Å²) in [5, 5.41) is 13.0. The minimum absolute atomic E-state index is 0.257. The summed E-state index contributed by atoms with van der Waals surface area (Å²) in [7, 11) is 0. The van der Waals surface area contributed by atoms with Crippen LogP contribution in [0.5, 0.6) is 0 Å². The van der Waals surface area contributed by atoms with E-state index in [0.717, 1.165) is 16.6 Å². The molecule has 0 bridgehead atoms. The standard InChI is InChI=1S/C11H8ClN3/c12-9-3-4-10(14-7-5-13)11-8(9)2-1-6-15-11/h1-4,6,14H,7H2. The number of hydrogen-bond acceptors (Lipinski definition) is 3. The second-order valence-electron chi connectivity index (χ2n) is 3.01. The fourth-order valence-electron chi connectivity index (χ4n) is 1.42. The maximum atomic E-state index is 8.50. The second-order valence-corrected chi connectivity index (χ2v) is 3.41. The van der Waals surface area contributed by atoms with Gasteiger partial charge in [-0.1, -0.05) is 11.6 Å². The maximum absolute atomic E-state index is 8.50. The molecule has 0 aliphatic heterocycles. The van der Waals surface area contributed by atoms with Gasteiger partial charge in [-0.25, -0.2) is 0 Å². The molecule has 0 saturated heterocycles. The lowest BCUT2D eigenvalue weighted by atomic mass is 10.2. The highest BCUT2D eigenvalue weighted by Gasteiger charge is 2.04. The van der Waals surface area contributed by atoms with Gasteiger partial charge in [-0.15, -0.1) is 0 Å². The predicted octanol–water partition coefficient (Wildman–Crippen LogP) is 2.82. The topological polar surface area (TPSA) is 48.7 Å². The van der Waals surface area contributed by atoms with Crippen molar-refractivity contribution in [3.8, 4) is 6.07 Å². The molecule has 0 amide bonds. The maximum Gasteiger partial charge on any atom is 0.103 e. The van der Waals surface area contributed by atoms with Crippen molar-refractivity contribution in [3.63, 3.8) is 0 Å². The van der Waals surface area contributed by atoms with Crippen LogP contribution in [0.25, 0.3) is 10.9 Å². The Kier molecular flexibility index (Phi) is 2.70. The zero-order chi connectivity index (χ0) is 10.7. The molecular weight excluding hydrogens is 210 g/mol. The van der Waals surface area contributed by atoms with Crippen molar-refractivity contribution in [1.29, 1.82) is 5.26 Å². The first-order valence-corrected chi connectivity index (χ1v) is 4.85. The number of halogens is 1. The number of nitrogens with zero attached hydrogens (tertiary/aromatic N) is 2. The fourth-order valence-corrected chi connectivity index (χ4v) is 1.63. The molecule has 0 aliphatic rings. The molecule has 1 aromatic heterocycles. The van der Waals surface area contributed by atoms with Gasteiger partial charge in [0.1, 0.15) is 6.54 Å². The Labute approximate surface area is 92.3 Å². The molecule has 2 aromatic rings. The van der Waals surface area contributed by atoms with Gasteiger partial charge in [0.2, 0.25) is 0 Å². The van der Waals surface area contributed by atoms with E-state index in [9.17, 15) is 0 Å². The van der Waals surface area contributed by atoms with E-state index < -0.39 is 0 Å². The van der Waals surface area contributed by atoms with Gasteiger partial charge < -0.3 is 5.32 Å². The molecule has 4 heteroatoms. The molecule has 0 fully saturated rings. The fraction of sp³-hybridized carbons (Fsp3) is 0.0909. The van der Waals surface area contributed by atoms with Crippen molar-refractivity contribution < 1.29 is 0 Å². The molecule has 15 heavy (non-hydrogen) atoms. The lowest BCUT2D eigenvalue weighted by Crippen LogP contribution is -1.99. The minimum atomic E-state index is 0.257. The second kappa shape index (κ2) is 4.16. The van der Waals surface area contributed by atoms with Crippen molar-refractivity contribution in [1.82, 2.24) is 4.98 Å². The summed E-state index contributed by atoms with van der Waals surface area (Å²) >= 11 is 6.03. The summed E-state index contributed by atoms with van der Waals surface area (Å²) in [5.74, 6) is 0. The predicted molar refractivity (Wildman–Crippen MR) is 60.9 cm³/mol. The van der Waals surface area contributed by atoms with Gasteiger partial charge in [0.05, 0.1) is 22.3 Å². The highest BCUT2D eigenvalue weighted by molar-refractivity contribution is 6.35. The molecule has 1 aromatic carbocycles. The molecule has 1 heterocycles. The van der Waals surface area contributed by atoms with E-state index in [0.29, 0.717) is 5.02 Å². The highest BCUT2D eigenvalue weighted by Crippen LogP contribution is 2.27. The monoisotopic (exact) mass is 217 g/mol. The Bertz CT molecular complexity index is 531. The summed E-state index contributed by atoms with van der Waals surface area (Å²) in [6, 6.07) is 9.39. The first-order valence-electron chi connectivity index (χ1n) is 4.47. The molecular formula is C11H8ClN3. The lowest BCUT2D eigenvalue weighted by molar-refractivity contribution is 1.31. The van der Waals surface area contributed by atoms with Crippen LogP contribution in [0.1, 0.15) is 0 Å². The molecule has 74 valence electrons. The smallest absolute Gasteiger partial charge is 0.103 e. The van der Waals surface area contributed by atoms with Crippen molar-refractivity contribution in [2.24, 2.45) is 0 Å². The Morgan fingerprint density at radius 1 is 1.40 bits per heavy atom. The number of pyridine rings is 1. The number of fused-ring (bicyclic) bond motifs is 1. The van der Waals surface area contributed by atoms with E-state index in [1.165, 1.54) is 0 Å². The summed E-state index contributed by atoms with van der Waals surface area (Å²) in [6.07, 6.45) is 1.70. The van der Waals surface area contributed by atoms with Crippen molar-refractivity contribution in [2.75, 3.05) is 11.9 Å². The van der Waals surface area contributed by atoms with Crippen LogP contribution in [-0.2, 0) is 0 Å². The van der Waals surface area contributed by atoms with Crippen LogP contribution in [0.15, 0.2) is 30.5 Å². The number of aromatic nitrogens is 1. The van der Waals surface area contributed by atoms with Crippen LogP contribution >= 0.6 is 11.6 Å². The van der Waals surface area contributed by atoms with Crippen molar-refractivity contribution in [3.05, 3.63) is 35.5 Å². The van der Waals surface area contributed by atoms with Gasteiger partial charge >= 0.3 is 0 Å². The third kappa shape index (κ3) is 1.85. The van der Waals surface area contributed by atoms with Gasteiger partial charge in [0.15, 0.2) is 0 Å². The summed E-state index contributed by atoms with van der Waals surface area (Å²) in [4.78, 5) is 4.24.